The summed E-state index contributed by atoms with van der Waals surface area (Å²) < 4.78 is 31.9. The lowest BCUT2D eigenvalue weighted by molar-refractivity contribution is 0.0775. The number of nitrogens with zero attached hydrogens (tertiary/aromatic N) is 2. The van der Waals surface area contributed by atoms with Gasteiger partial charge in [-0.2, -0.15) is 4.31 Å². The van der Waals surface area contributed by atoms with E-state index in [4.69, 9.17) is 4.74 Å². The molecule has 2 heterocycles. The Balaban J connectivity index is 1.68. The third-order valence-electron chi connectivity index (χ3n) is 4.79. The van der Waals surface area contributed by atoms with Gasteiger partial charge in [-0.3, -0.25) is 4.79 Å². The van der Waals surface area contributed by atoms with E-state index in [1.54, 1.807) is 19.2 Å². The van der Waals surface area contributed by atoms with Crippen LogP contribution in [-0.2, 0) is 14.8 Å². The zero-order valence-corrected chi connectivity index (χ0v) is 15.3. The van der Waals surface area contributed by atoms with E-state index < -0.39 is 10.0 Å². The fourth-order valence-electron chi connectivity index (χ4n) is 3.37. The number of benzene rings is 1. The minimum atomic E-state index is -3.49. The molecule has 1 aromatic carbocycles. The van der Waals surface area contributed by atoms with Crippen LogP contribution in [0.15, 0.2) is 29.2 Å². The van der Waals surface area contributed by atoms with Crippen molar-refractivity contribution < 1.29 is 17.9 Å². The lowest BCUT2D eigenvalue weighted by Crippen LogP contribution is -2.46. The number of likely N-dealkylation sites (tertiary alicyclic amines) is 1. The van der Waals surface area contributed by atoms with Gasteiger partial charge in [-0.1, -0.05) is 0 Å². The number of carbonyl (C=O) groups excluding carboxylic acids is 1. The van der Waals surface area contributed by atoms with Crippen LogP contribution in [0.5, 0.6) is 0 Å². The van der Waals surface area contributed by atoms with E-state index in [2.05, 4.69) is 5.32 Å². The molecule has 0 aliphatic carbocycles. The maximum Gasteiger partial charge on any atom is 0.253 e. The number of hydrogen-bond acceptors (Lipinski definition) is 5. The van der Waals surface area contributed by atoms with Gasteiger partial charge >= 0.3 is 0 Å². The third-order valence-corrected chi connectivity index (χ3v) is 6.70. The Bertz CT molecular complexity index is 699. The molecule has 1 aromatic rings. The average molecular weight is 367 g/mol. The molecule has 0 unspecified atom stereocenters. The molecule has 2 aliphatic rings. The summed E-state index contributed by atoms with van der Waals surface area (Å²) in [5, 5.41) is 3.14. The van der Waals surface area contributed by atoms with E-state index in [9.17, 15) is 13.2 Å². The number of sulfonamides is 1. The Hall–Kier alpha value is -1.48. The predicted molar refractivity (Wildman–Crippen MR) is 94.0 cm³/mol. The summed E-state index contributed by atoms with van der Waals surface area (Å²) >= 11 is 0. The highest BCUT2D eigenvalue weighted by molar-refractivity contribution is 7.89. The number of hydrogen-bond donors (Lipinski definition) is 1. The first-order valence-electron chi connectivity index (χ1n) is 8.61. The first-order valence-corrected chi connectivity index (χ1v) is 10.1. The highest BCUT2D eigenvalue weighted by atomic mass is 32.2. The molecule has 8 heteroatoms. The highest BCUT2D eigenvalue weighted by Crippen LogP contribution is 2.21. The molecule has 0 saturated carbocycles. The van der Waals surface area contributed by atoms with Gasteiger partial charge in [0.25, 0.3) is 5.91 Å². The molecular formula is C17H25N3O4S. The van der Waals surface area contributed by atoms with Crippen molar-refractivity contribution in [2.45, 2.75) is 11.3 Å². The molecule has 2 fully saturated rings. The van der Waals surface area contributed by atoms with E-state index in [0.29, 0.717) is 57.4 Å². The lowest BCUT2D eigenvalue weighted by Gasteiger charge is -2.26. The maximum atomic E-state index is 12.6. The minimum Gasteiger partial charge on any atom is -0.384 e. The van der Waals surface area contributed by atoms with Gasteiger partial charge in [0.2, 0.25) is 10.0 Å². The van der Waals surface area contributed by atoms with Crippen molar-refractivity contribution in [1.82, 2.24) is 14.5 Å². The molecule has 138 valence electrons. The molecule has 1 amide bonds. The smallest absolute Gasteiger partial charge is 0.253 e. The Labute approximate surface area is 149 Å². The molecule has 1 N–H and O–H groups in total. The zero-order chi connectivity index (χ0) is 17.9. The van der Waals surface area contributed by atoms with E-state index in [1.807, 2.05) is 4.90 Å². The fraction of sp³-hybridized carbons (Fsp3) is 0.588. The van der Waals surface area contributed by atoms with Crippen LogP contribution in [-0.4, -0.2) is 76.5 Å². The number of ether oxygens (including phenoxy) is 1. The summed E-state index contributed by atoms with van der Waals surface area (Å²) in [4.78, 5) is 14.6. The van der Waals surface area contributed by atoms with Crippen LogP contribution in [0.25, 0.3) is 0 Å². The average Bonchev–Trinajstić information content (AvgIpc) is 3.11. The monoisotopic (exact) mass is 367 g/mol. The normalized spacial score (nSPS) is 22.3. The van der Waals surface area contributed by atoms with Gasteiger partial charge in [-0.05, 0) is 30.7 Å². The van der Waals surface area contributed by atoms with Gasteiger partial charge in [0.15, 0.2) is 0 Å². The number of nitrogens with one attached hydrogen (secondary N) is 1. The van der Waals surface area contributed by atoms with E-state index in [1.165, 1.54) is 16.4 Å². The van der Waals surface area contributed by atoms with Crippen molar-refractivity contribution in [3.63, 3.8) is 0 Å². The first-order chi connectivity index (χ1) is 12.0. The zero-order valence-electron chi connectivity index (χ0n) is 14.5. The van der Waals surface area contributed by atoms with Gasteiger partial charge < -0.3 is 15.0 Å². The number of carbonyl (C=O) groups is 1. The van der Waals surface area contributed by atoms with E-state index in [-0.39, 0.29) is 10.8 Å². The Morgan fingerprint density at radius 2 is 1.88 bits per heavy atom. The summed E-state index contributed by atoms with van der Waals surface area (Å²) in [6, 6.07) is 6.29. The van der Waals surface area contributed by atoms with Gasteiger partial charge in [-0.25, -0.2) is 8.42 Å². The van der Waals surface area contributed by atoms with Gasteiger partial charge in [0, 0.05) is 57.9 Å². The summed E-state index contributed by atoms with van der Waals surface area (Å²) in [5.74, 6) is 0.325. The molecule has 7 nitrogen and oxygen atoms in total. The molecule has 0 aromatic heterocycles. The highest BCUT2D eigenvalue weighted by Gasteiger charge is 2.28. The number of methoxy groups -OCH3 is 1. The van der Waals surface area contributed by atoms with Crippen molar-refractivity contribution in [1.29, 1.82) is 0 Å². The molecule has 1 atom stereocenters. The van der Waals surface area contributed by atoms with Crippen molar-refractivity contribution in [3.8, 4) is 0 Å². The van der Waals surface area contributed by atoms with Crippen LogP contribution in [0.4, 0.5) is 0 Å². The fourth-order valence-corrected chi connectivity index (χ4v) is 4.82. The Morgan fingerprint density at radius 1 is 1.20 bits per heavy atom. The van der Waals surface area contributed by atoms with Crippen LogP contribution in [0.3, 0.4) is 0 Å². The second-order valence-corrected chi connectivity index (χ2v) is 8.48. The summed E-state index contributed by atoms with van der Waals surface area (Å²) in [6.45, 7) is 4.32. The summed E-state index contributed by atoms with van der Waals surface area (Å²) in [7, 11) is -1.82. The van der Waals surface area contributed by atoms with Crippen LogP contribution < -0.4 is 5.32 Å². The SMILES string of the molecule is COC[C@H]1CCN(C(=O)c2ccc(S(=O)(=O)N3CCNCC3)cc2)C1. The molecule has 2 aliphatic heterocycles. The maximum absolute atomic E-state index is 12.6. The second kappa shape index (κ2) is 7.82. The van der Waals surface area contributed by atoms with Crippen molar-refractivity contribution >= 4 is 15.9 Å². The van der Waals surface area contributed by atoms with Crippen LogP contribution in [0, 0.1) is 5.92 Å². The van der Waals surface area contributed by atoms with E-state index >= 15 is 0 Å². The largest absolute Gasteiger partial charge is 0.384 e. The molecule has 0 spiro atoms. The van der Waals surface area contributed by atoms with Crippen LogP contribution >= 0.6 is 0 Å². The molecular weight excluding hydrogens is 342 g/mol. The molecule has 0 bridgehead atoms. The van der Waals surface area contributed by atoms with Crippen molar-refractivity contribution in [3.05, 3.63) is 29.8 Å². The molecule has 3 rings (SSSR count). The number of amides is 1. The Kier molecular flexibility index (Phi) is 5.73. The second-order valence-electron chi connectivity index (χ2n) is 6.54. The summed E-state index contributed by atoms with van der Waals surface area (Å²) in [6.07, 6.45) is 0.940. The number of rotatable bonds is 5. The van der Waals surface area contributed by atoms with Crippen molar-refractivity contribution in [2.75, 3.05) is 53.0 Å². The lowest BCUT2D eigenvalue weighted by atomic mass is 10.1. The van der Waals surface area contributed by atoms with Gasteiger partial charge in [0.1, 0.15) is 0 Å². The Morgan fingerprint density at radius 3 is 2.52 bits per heavy atom. The first kappa shape index (κ1) is 18.3. The predicted octanol–water partition coefficient (Wildman–Crippen LogP) is 0.389. The summed E-state index contributed by atoms with van der Waals surface area (Å²) in [5.41, 5.74) is 0.525. The number of piperazine rings is 1. The third kappa shape index (κ3) is 4.03. The quantitative estimate of drug-likeness (QED) is 0.814. The van der Waals surface area contributed by atoms with Crippen molar-refractivity contribution in [2.24, 2.45) is 5.92 Å². The van der Waals surface area contributed by atoms with E-state index in [0.717, 1.165) is 6.42 Å². The topological polar surface area (TPSA) is 79.0 Å². The molecule has 0 radical (unpaired) electrons. The standard InChI is InChI=1S/C17H25N3O4S/c1-24-13-14-6-9-19(12-14)17(21)15-2-4-16(5-3-15)25(22,23)20-10-7-18-8-11-20/h2-5,14,18H,6-13H2,1H3/t14-/m0/s1. The van der Waals surface area contributed by atoms with Crippen LogP contribution in [0.1, 0.15) is 16.8 Å². The van der Waals surface area contributed by atoms with Crippen LogP contribution in [0.2, 0.25) is 0 Å². The molecule has 25 heavy (non-hydrogen) atoms. The minimum absolute atomic E-state index is 0.0512. The van der Waals surface area contributed by atoms with Gasteiger partial charge in [-0.15, -0.1) is 0 Å². The molecule has 2 saturated heterocycles. The van der Waals surface area contributed by atoms with Gasteiger partial charge in [0.05, 0.1) is 11.5 Å².